The molecule has 0 aromatic rings. The van der Waals surface area contributed by atoms with Gasteiger partial charge in [-0.15, -0.1) is 0 Å². The second-order valence-electron chi connectivity index (χ2n) is 4.12. The van der Waals surface area contributed by atoms with E-state index in [1.807, 2.05) is 0 Å². The number of rotatable bonds is 3. The summed E-state index contributed by atoms with van der Waals surface area (Å²) < 4.78 is 15.4. The number of ether oxygens (including phenoxy) is 3. The Labute approximate surface area is 99.9 Å². The zero-order chi connectivity index (χ0) is 13.1. The normalized spacial score (nSPS) is 23.3. The van der Waals surface area contributed by atoms with Crippen LogP contribution < -0.4 is 5.32 Å². The van der Waals surface area contributed by atoms with Crippen LogP contribution in [0.25, 0.3) is 0 Å². The molecule has 96 valence electrons. The van der Waals surface area contributed by atoms with E-state index < -0.39 is 11.8 Å². The first kappa shape index (κ1) is 13.7. The van der Waals surface area contributed by atoms with Crippen molar-refractivity contribution in [2.75, 3.05) is 13.7 Å². The average molecular weight is 243 g/mol. The summed E-state index contributed by atoms with van der Waals surface area (Å²) >= 11 is 0. The summed E-state index contributed by atoms with van der Waals surface area (Å²) in [6, 6.07) is 0. The van der Waals surface area contributed by atoms with E-state index in [-0.39, 0.29) is 17.7 Å². The Balaban J connectivity index is 2.76. The van der Waals surface area contributed by atoms with Gasteiger partial charge < -0.3 is 19.5 Å². The van der Waals surface area contributed by atoms with Gasteiger partial charge in [-0.1, -0.05) is 0 Å². The van der Waals surface area contributed by atoms with Crippen LogP contribution in [0.5, 0.6) is 0 Å². The lowest BCUT2D eigenvalue weighted by molar-refractivity contribution is -0.138. The number of carbonyl (C=O) groups is 2. The van der Waals surface area contributed by atoms with E-state index in [9.17, 15) is 9.59 Å². The zero-order valence-electron chi connectivity index (χ0n) is 10.4. The van der Waals surface area contributed by atoms with Gasteiger partial charge in [0.1, 0.15) is 11.8 Å². The van der Waals surface area contributed by atoms with Crippen molar-refractivity contribution in [3.05, 3.63) is 11.8 Å². The van der Waals surface area contributed by atoms with Gasteiger partial charge in [-0.25, -0.2) is 4.79 Å². The number of hydrogen-bond donors (Lipinski definition) is 1. The van der Waals surface area contributed by atoms with Crippen molar-refractivity contribution in [1.82, 2.24) is 5.32 Å². The van der Waals surface area contributed by atoms with E-state index in [0.29, 0.717) is 6.61 Å². The van der Waals surface area contributed by atoms with Crippen molar-refractivity contribution in [1.29, 1.82) is 0 Å². The fourth-order valence-electron chi connectivity index (χ4n) is 1.44. The molecule has 0 aromatic carbocycles. The lowest BCUT2D eigenvalue weighted by Crippen LogP contribution is -2.28. The van der Waals surface area contributed by atoms with Crippen molar-refractivity contribution < 1.29 is 23.8 Å². The molecule has 6 heteroatoms. The molecule has 1 saturated heterocycles. The molecule has 1 aliphatic heterocycles. The van der Waals surface area contributed by atoms with E-state index in [2.05, 4.69) is 10.1 Å². The molecule has 1 amide bonds. The van der Waals surface area contributed by atoms with Crippen LogP contribution >= 0.6 is 0 Å². The van der Waals surface area contributed by atoms with Crippen molar-refractivity contribution in [3.63, 3.8) is 0 Å². The number of carbonyl (C=O) groups excluding carboxylic acids is 2. The molecule has 1 rings (SSSR count). The van der Waals surface area contributed by atoms with Gasteiger partial charge in [0.25, 0.3) is 0 Å². The topological polar surface area (TPSA) is 73.9 Å². The second kappa shape index (κ2) is 5.29. The molecular formula is C11H17NO5. The second-order valence-corrected chi connectivity index (χ2v) is 4.12. The Morgan fingerprint density at radius 2 is 2.12 bits per heavy atom. The van der Waals surface area contributed by atoms with E-state index >= 15 is 0 Å². The molecule has 0 spiro atoms. The number of amides is 1. The van der Waals surface area contributed by atoms with E-state index in [4.69, 9.17) is 9.47 Å². The number of esters is 1. The molecule has 0 aliphatic carbocycles. The summed E-state index contributed by atoms with van der Waals surface area (Å²) in [5.74, 6) is -1.65. The first-order chi connectivity index (χ1) is 7.84. The van der Waals surface area contributed by atoms with E-state index in [0.717, 1.165) is 0 Å². The van der Waals surface area contributed by atoms with Gasteiger partial charge in [0.15, 0.2) is 5.79 Å². The van der Waals surface area contributed by atoms with Gasteiger partial charge in [0.2, 0.25) is 5.91 Å². The number of nitrogens with one attached hydrogen (secondary N) is 1. The van der Waals surface area contributed by atoms with Crippen LogP contribution in [0.4, 0.5) is 0 Å². The van der Waals surface area contributed by atoms with Crippen molar-refractivity contribution in [2.45, 2.75) is 32.7 Å². The highest BCUT2D eigenvalue weighted by Gasteiger charge is 2.32. The molecule has 0 bridgehead atoms. The molecule has 0 saturated carbocycles. The fraction of sp³-hybridized carbons (Fsp3) is 0.636. The Kier molecular flexibility index (Phi) is 4.25. The predicted octanol–water partition coefficient (Wildman–Crippen LogP) is 0.331. The highest BCUT2D eigenvalue weighted by atomic mass is 16.7. The molecule has 17 heavy (non-hydrogen) atoms. The summed E-state index contributed by atoms with van der Waals surface area (Å²) in [6.07, 6.45) is 1.10. The molecule has 1 atom stereocenters. The molecule has 0 unspecified atom stereocenters. The lowest BCUT2D eigenvalue weighted by atomic mass is 10.3. The molecule has 1 aliphatic rings. The third-order valence-corrected chi connectivity index (χ3v) is 2.10. The summed E-state index contributed by atoms with van der Waals surface area (Å²) in [6.45, 7) is 5.19. The Morgan fingerprint density at radius 1 is 1.47 bits per heavy atom. The van der Waals surface area contributed by atoms with Gasteiger partial charge in [0.05, 0.1) is 13.7 Å². The van der Waals surface area contributed by atoms with Crippen LogP contribution in [-0.4, -0.2) is 37.5 Å². The minimum Gasteiger partial charge on any atom is -0.464 e. The third kappa shape index (κ3) is 4.16. The van der Waals surface area contributed by atoms with Gasteiger partial charge in [-0.3, -0.25) is 4.79 Å². The Hall–Kier alpha value is -1.40. The largest absolute Gasteiger partial charge is 0.464 e. The third-order valence-electron chi connectivity index (χ3n) is 2.10. The Bertz CT molecular complexity index is 348. The number of methoxy groups -OCH3 is 1. The summed E-state index contributed by atoms with van der Waals surface area (Å²) in [4.78, 5) is 22.3. The summed E-state index contributed by atoms with van der Waals surface area (Å²) in [7, 11) is 1.24. The van der Waals surface area contributed by atoms with Crippen LogP contribution in [0.1, 0.15) is 20.8 Å². The highest BCUT2D eigenvalue weighted by molar-refractivity contribution is 5.93. The van der Waals surface area contributed by atoms with Crippen LogP contribution in [0.2, 0.25) is 0 Å². The van der Waals surface area contributed by atoms with E-state index in [1.54, 1.807) is 13.8 Å². The standard InChI is InChI=1S/C11H17NO5/c1-7(13)12-9(10(14)15-4)5-8-6-16-11(2,3)17-8/h5,8H,6H2,1-4H3,(H,12,13)/b9-5-/t8-/m0/s1. The first-order valence-corrected chi connectivity index (χ1v) is 5.23. The zero-order valence-corrected chi connectivity index (χ0v) is 10.4. The first-order valence-electron chi connectivity index (χ1n) is 5.23. The van der Waals surface area contributed by atoms with Gasteiger partial charge in [-0.2, -0.15) is 0 Å². The predicted molar refractivity (Wildman–Crippen MR) is 58.8 cm³/mol. The molecule has 0 radical (unpaired) electrons. The average Bonchev–Trinajstić information content (AvgIpc) is 2.55. The van der Waals surface area contributed by atoms with Crippen molar-refractivity contribution >= 4 is 11.9 Å². The minimum atomic E-state index is -0.682. The van der Waals surface area contributed by atoms with Crippen LogP contribution in [0.3, 0.4) is 0 Å². The summed E-state index contributed by atoms with van der Waals surface area (Å²) in [5.41, 5.74) is 0.0614. The molecule has 0 aromatic heterocycles. The lowest BCUT2D eigenvalue weighted by Gasteiger charge is -2.16. The van der Waals surface area contributed by atoms with Gasteiger partial charge >= 0.3 is 5.97 Å². The maximum atomic E-state index is 11.4. The highest BCUT2D eigenvalue weighted by Crippen LogP contribution is 2.23. The number of hydrogen-bond acceptors (Lipinski definition) is 5. The summed E-state index contributed by atoms with van der Waals surface area (Å²) in [5, 5.41) is 2.40. The minimum absolute atomic E-state index is 0.0614. The monoisotopic (exact) mass is 243 g/mol. The smallest absolute Gasteiger partial charge is 0.354 e. The van der Waals surface area contributed by atoms with Crippen LogP contribution in [0, 0.1) is 0 Å². The maximum Gasteiger partial charge on any atom is 0.354 e. The van der Waals surface area contributed by atoms with Crippen LogP contribution in [0.15, 0.2) is 11.8 Å². The van der Waals surface area contributed by atoms with Crippen molar-refractivity contribution in [2.24, 2.45) is 0 Å². The molecule has 1 N–H and O–H groups in total. The van der Waals surface area contributed by atoms with Gasteiger partial charge in [0, 0.05) is 6.92 Å². The molecule has 1 fully saturated rings. The fourth-order valence-corrected chi connectivity index (χ4v) is 1.44. The van der Waals surface area contributed by atoms with Crippen LogP contribution in [-0.2, 0) is 23.8 Å². The Morgan fingerprint density at radius 3 is 2.53 bits per heavy atom. The SMILES string of the molecule is COC(=O)/C(=C/[C@H]1COC(C)(C)O1)NC(C)=O. The molecular weight excluding hydrogens is 226 g/mol. The van der Waals surface area contributed by atoms with E-state index in [1.165, 1.54) is 20.1 Å². The van der Waals surface area contributed by atoms with Gasteiger partial charge in [-0.05, 0) is 19.9 Å². The van der Waals surface area contributed by atoms with Crippen molar-refractivity contribution in [3.8, 4) is 0 Å². The molecule has 6 nitrogen and oxygen atoms in total. The molecule has 1 heterocycles. The quantitative estimate of drug-likeness (QED) is 0.571. The maximum absolute atomic E-state index is 11.4.